The van der Waals surface area contributed by atoms with Gasteiger partial charge in [0, 0.05) is 0 Å². The Morgan fingerprint density at radius 2 is 1.67 bits per heavy atom. The molecule has 0 saturated heterocycles. The molecule has 2 heteroatoms. The summed E-state index contributed by atoms with van der Waals surface area (Å²) in [6.45, 7) is 4.73. The fourth-order valence-corrected chi connectivity index (χ4v) is 4.62. The molecule has 56 valence electrons. The molecular formula is C7H16Se2. The third-order valence-electron chi connectivity index (χ3n) is 1.57. The van der Waals surface area contributed by atoms with Crippen LogP contribution in [0.1, 0.15) is 26.7 Å². The molecule has 0 amide bonds. The van der Waals surface area contributed by atoms with Gasteiger partial charge in [-0.05, 0) is 0 Å². The van der Waals surface area contributed by atoms with Gasteiger partial charge < -0.3 is 0 Å². The second-order valence-electron chi connectivity index (χ2n) is 2.29. The molecule has 0 nitrogen and oxygen atoms in total. The van der Waals surface area contributed by atoms with E-state index in [1.807, 2.05) is 0 Å². The van der Waals surface area contributed by atoms with Crippen molar-refractivity contribution in [3.8, 4) is 0 Å². The molecule has 9 heavy (non-hydrogen) atoms. The molecule has 0 rings (SSSR count). The van der Waals surface area contributed by atoms with Crippen molar-refractivity contribution in [2.45, 2.75) is 41.5 Å². The van der Waals surface area contributed by atoms with Crippen LogP contribution in [0.3, 0.4) is 0 Å². The van der Waals surface area contributed by atoms with E-state index < -0.39 is 0 Å². The Morgan fingerprint density at radius 3 is 1.78 bits per heavy atom. The van der Waals surface area contributed by atoms with Gasteiger partial charge in [-0.25, -0.2) is 0 Å². The summed E-state index contributed by atoms with van der Waals surface area (Å²) in [6.07, 6.45) is 2.81. The van der Waals surface area contributed by atoms with Crippen molar-refractivity contribution in [3.63, 3.8) is 0 Å². The fourth-order valence-electron chi connectivity index (χ4n) is 0.742. The average Bonchev–Trinajstić information content (AvgIpc) is 1.89. The first kappa shape index (κ1) is 10.0. The third-order valence-corrected chi connectivity index (χ3v) is 9.68. The van der Waals surface area contributed by atoms with E-state index in [-0.39, 0.29) is 0 Å². The van der Waals surface area contributed by atoms with Crippen molar-refractivity contribution < 1.29 is 0 Å². The fraction of sp³-hybridized carbons (Fsp3) is 1.00. The van der Waals surface area contributed by atoms with E-state index in [4.69, 9.17) is 0 Å². The van der Waals surface area contributed by atoms with E-state index in [0.717, 1.165) is 33.1 Å². The minimum absolute atomic E-state index is 0.759. The van der Waals surface area contributed by atoms with Crippen LogP contribution < -0.4 is 0 Å². The first-order valence-corrected chi connectivity index (χ1v) is 8.42. The molecule has 0 aromatic rings. The predicted octanol–water partition coefficient (Wildman–Crippen LogP) is 2.43. The van der Waals surface area contributed by atoms with Crippen molar-refractivity contribution in [1.82, 2.24) is 0 Å². The Balaban J connectivity index is 3.62. The van der Waals surface area contributed by atoms with Crippen LogP contribution in [0.5, 0.6) is 0 Å². The van der Waals surface area contributed by atoms with Gasteiger partial charge in [-0.15, -0.1) is 0 Å². The Hall–Kier alpha value is 1.04. The predicted molar refractivity (Wildman–Crippen MR) is 46.5 cm³/mol. The molecule has 0 aromatic carbocycles. The molecule has 0 saturated carbocycles. The van der Waals surface area contributed by atoms with E-state index in [9.17, 15) is 0 Å². The molecule has 0 atom stereocenters. The van der Waals surface area contributed by atoms with Crippen LogP contribution in [0.25, 0.3) is 0 Å². The van der Waals surface area contributed by atoms with Crippen LogP contribution in [0, 0.1) is 0 Å². The Labute approximate surface area is 71.5 Å². The summed E-state index contributed by atoms with van der Waals surface area (Å²) < 4.78 is 0.759. The second kappa shape index (κ2) is 4.79. The molecule has 0 unspecified atom stereocenters. The Kier molecular flexibility index (Phi) is 5.35. The van der Waals surface area contributed by atoms with Crippen LogP contribution in [-0.2, 0) is 0 Å². The van der Waals surface area contributed by atoms with E-state index in [1.165, 1.54) is 12.8 Å². The zero-order valence-corrected chi connectivity index (χ0v) is 10.2. The van der Waals surface area contributed by atoms with E-state index >= 15 is 0 Å². The molecule has 0 fully saturated rings. The maximum absolute atomic E-state index is 2.44. The quantitative estimate of drug-likeness (QED) is 0.679. The topological polar surface area (TPSA) is 0 Å². The molecule has 0 aliphatic heterocycles. The normalized spacial score (nSPS) is 12.0. The van der Waals surface area contributed by atoms with Gasteiger partial charge in [0.15, 0.2) is 0 Å². The number of hydrogen-bond donors (Lipinski definition) is 0. The monoisotopic (exact) mass is 260 g/mol. The first-order chi connectivity index (χ1) is 4.18. The summed E-state index contributed by atoms with van der Waals surface area (Å²) in [6, 6.07) is 0. The zero-order chi connectivity index (χ0) is 7.33. The van der Waals surface area contributed by atoms with Gasteiger partial charge in [-0.3, -0.25) is 0 Å². The average molecular weight is 258 g/mol. The van der Waals surface area contributed by atoms with Crippen LogP contribution in [0.4, 0.5) is 0 Å². The molecular weight excluding hydrogens is 242 g/mol. The minimum atomic E-state index is 0.759. The summed E-state index contributed by atoms with van der Waals surface area (Å²) in [4.78, 5) is 0. The van der Waals surface area contributed by atoms with Gasteiger partial charge in [-0.1, -0.05) is 0 Å². The van der Waals surface area contributed by atoms with Gasteiger partial charge in [0.1, 0.15) is 0 Å². The maximum atomic E-state index is 2.44. The van der Waals surface area contributed by atoms with Crippen molar-refractivity contribution >= 4 is 29.9 Å². The van der Waals surface area contributed by atoms with Crippen molar-refractivity contribution in [2.24, 2.45) is 0 Å². The molecule has 0 aliphatic rings. The Bertz CT molecular complexity index is 67.3. The van der Waals surface area contributed by atoms with Crippen molar-refractivity contribution in [3.05, 3.63) is 0 Å². The summed E-state index contributed by atoms with van der Waals surface area (Å²) in [5, 5.41) is 0. The second-order valence-corrected chi connectivity index (χ2v) is 9.10. The molecule has 0 bridgehead atoms. The number of hydrogen-bond acceptors (Lipinski definition) is 0. The summed E-state index contributed by atoms with van der Waals surface area (Å²) >= 11 is 1.72. The Morgan fingerprint density at radius 1 is 1.22 bits per heavy atom. The summed E-state index contributed by atoms with van der Waals surface area (Å²) in [7, 11) is 0. The van der Waals surface area contributed by atoms with Crippen LogP contribution in [-0.4, -0.2) is 29.9 Å². The van der Waals surface area contributed by atoms with Crippen molar-refractivity contribution in [1.29, 1.82) is 0 Å². The van der Waals surface area contributed by atoms with Crippen molar-refractivity contribution in [2.75, 3.05) is 0 Å². The molecule has 0 N–H and O–H groups in total. The van der Waals surface area contributed by atoms with E-state index in [0.29, 0.717) is 0 Å². The third kappa shape index (κ3) is 3.68. The van der Waals surface area contributed by atoms with Gasteiger partial charge in [0.2, 0.25) is 0 Å². The first-order valence-electron chi connectivity index (χ1n) is 3.29. The zero-order valence-electron chi connectivity index (χ0n) is 6.73. The molecule has 0 radical (unpaired) electrons. The van der Waals surface area contributed by atoms with Gasteiger partial charge in [0.05, 0.1) is 0 Å². The number of rotatable bonds is 4. The van der Waals surface area contributed by atoms with Crippen LogP contribution in [0.2, 0.25) is 14.9 Å². The molecule has 0 aromatic heterocycles. The van der Waals surface area contributed by atoms with Crippen LogP contribution >= 0.6 is 0 Å². The summed E-state index contributed by atoms with van der Waals surface area (Å²) in [5.74, 6) is 4.74. The van der Waals surface area contributed by atoms with Gasteiger partial charge in [0.25, 0.3) is 0 Å². The van der Waals surface area contributed by atoms with E-state index in [1.54, 1.807) is 0 Å². The summed E-state index contributed by atoms with van der Waals surface area (Å²) in [5.41, 5.74) is 0. The molecule has 0 heterocycles. The van der Waals surface area contributed by atoms with Crippen LogP contribution in [0.15, 0.2) is 0 Å². The standard InChI is InChI=1S/C7H16Se2/c1-5-6-7(2,8-3)9-4/h5-6H2,1-4H3. The molecule has 0 aliphatic carbocycles. The van der Waals surface area contributed by atoms with Gasteiger partial charge >= 0.3 is 71.5 Å². The van der Waals surface area contributed by atoms with E-state index in [2.05, 4.69) is 25.5 Å². The van der Waals surface area contributed by atoms with Gasteiger partial charge in [-0.2, -0.15) is 0 Å². The molecule has 0 spiro atoms. The SMILES string of the molecule is CCCC(C)([Se]C)[Se]C.